The Kier molecular flexibility index (Phi) is 2.75. The van der Waals surface area contributed by atoms with Crippen molar-refractivity contribution >= 4 is 28.1 Å². The van der Waals surface area contributed by atoms with Crippen LogP contribution in [0.2, 0.25) is 0 Å². The minimum Gasteiger partial charge on any atom is -0.358 e. The molecule has 1 aromatic heterocycles. The molecule has 0 unspecified atom stereocenters. The zero-order valence-electron chi connectivity index (χ0n) is 9.05. The van der Waals surface area contributed by atoms with Crippen molar-refractivity contribution in [3.63, 3.8) is 0 Å². The fourth-order valence-corrected chi connectivity index (χ4v) is 1.65. The van der Waals surface area contributed by atoms with Gasteiger partial charge in [-0.25, -0.2) is 0 Å². The van der Waals surface area contributed by atoms with E-state index in [1.54, 1.807) is 0 Å². The Morgan fingerprint density at radius 1 is 0.842 bits per heavy atom. The average molecular weight is 264 g/mol. The average Bonchev–Trinajstić information content (AvgIpc) is 2.35. The highest BCUT2D eigenvalue weighted by Gasteiger charge is 2.40. The quantitative estimate of drug-likeness (QED) is 0.608. The summed E-state index contributed by atoms with van der Waals surface area (Å²) in [6.45, 7) is 0. The first kappa shape index (κ1) is 12.3. The molecule has 0 radical (unpaired) electrons. The molecule has 0 saturated heterocycles. The van der Waals surface area contributed by atoms with Crippen molar-refractivity contribution in [1.29, 1.82) is 0 Å². The van der Waals surface area contributed by atoms with Crippen LogP contribution in [-0.2, 0) is 0 Å². The molecule has 0 spiro atoms. The van der Waals surface area contributed by atoms with E-state index in [0.29, 0.717) is 0 Å². The molecule has 2 rings (SSSR count). The molecule has 0 aliphatic rings. The molecule has 1 heterocycles. The van der Waals surface area contributed by atoms with Gasteiger partial charge in [0.05, 0.1) is 9.85 Å². The predicted molar refractivity (Wildman–Crippen MR) is 61.7 cm³/mol. The molecule has 0 atom stereocenters. The summed E-state index contributed by atoms with van der Waals surface area (Å²) < 4.78 is 0. The lowest BCUT2D eigenvalue weighted by Gasteiger charge is -1.99. The molecule has 2 aromatic rings. The third kappa shape index (κ3) is 1.90. The van der Waals surface area contributed by atoms with Crippen molar-refractivity contribution in [3.8, 4) is 0 Å². The molecule has 0 amide bonds. The largest absolute Gasteiger partial charge is 0.450 e. The smallest absolute Gasteiger partial charge is 0.358 e. The zero-order chi connectivity index (χ0) is 14.2. The number of pyridine rings is 1. The van der Waals surface area contributed by atoms with Crippen LogP contribution >= 0.6 is 0 Å². The van der Waals surface area contributed by atoms with Crippen molar-refractivity contribution in [1.82, 2.24) is 4.98 Å². The number of para-hydroxylation sites is 1. The monoisotopic (exact) mass is 264 g/mol. The summed E-state index contributed by atoms with van der Waals surface area (Å²) in [5, 5.41) is 32.5. The van der Waals surface area contributed by atoms with E-state index in [1.807, 2.05) is 0 Å². The highest BCUT2D eigenvalue weighted by Crippen LogP contribution is 2.39. The van der Waals surface area contributed by atoms with Crippen LogP contribution in [0.5, 0.6) is 0 Å². The fourth-order valence-electron chi connectivity index (χ4n) is 1.65. The third-order valence-corrected chi connectivity index (χ3v) is 2.36. The molecule has 1 aromatic carbocycles. The summed E-state index contributed by atoms with van der Waals surface area (Å²) in [7, 11) is 0. The second-order valence-corrected chi connectivity index (χ2v) is 3.42. The molecule has 10 nitrogen and oxygen atoms in total. The van der Waals surface area contributed by atoms with E-state index in [4.69, 9.17) is 0 Å². The van der Waals surface area contributed by atoms with E-state index in [0.717, 1.165) is 0 Å². The van der Waals surface area contributed by atoms with E-state index < -0.39 is 32.0 Å². The Hall–Kier alpha value is -3.17. The van der Waals surface area contributed by atoms with Gasteiger partial charge in [-0.2, -0.15) is 0 Å². The molecule has 0 bridgehead atoms. The molecule has 0 aliphatic heterocycles. The van der Waals surface area contributed by atoms with Gasteiger partial charge in [0.25, 0.3) is 0 Å². The second kappa shape index (κ2) is 4.25. The van der Waals surface area contributed by atoms with Gasteiger partial charge in [0.1, 0.15) is 5.39 Å². The molecule has 0 N–H and O–H groups in total. The number of nitrogens with zero attached hydrogens (tertiary/aromatic N) is 4. The highest BCUT2D eigenvalue weighted by molar-refractivity contribution is 5.94. The lowest BCUT2D eigenvalue weighted by Crippen LogP contribution is -2.04. The number of rotatable bonds is 3. The van der Waals surface area contributed by atoms with Crippen molar-refractivity contribution in [2.24, 2.45) is 0 Å². The fraction of sp³-hybridized carbons (Fsp3) is 0. The number of aromatic nitrogens is 1. The Morgan fingerprint density at radius 3 is 1.95 bits per heavy atom. The SMILES string of the molecule is O=[N+]([O-])c1nc2ccccc2c([N+](=O)[O-])c1[N+](=O)[O-]. The topological polar surface area (TPSA) is 142 Å². The maximum Gasteiger partial charge on any atom is 0.450 e. The van der Waals surface area contributed by atoms with E-state index in [2.05, 4.69) is 4.98 Å². The summed E-state index contributed by atoms with van der Waals surface area (Å²) >= 11 is 0. The van der Waals surface area contributed by atoms with E-state index in [9.17, 15) is 30.3 Å². The molecule has 0 fully saturated rings. The Labute approximate surface area is 103 Å². The molecular weight excluding hydrogens is 260 g/mol. The summed E-state index contributed by atoms with van der Waals surface area (Å²) in [6.07, 6.45) is 0. The van der Waals surface area contributed by atoms with E-state index in [-0.39, 0.29) is 10.9 Å². The van der Waals surface area contributed by atoms with Gasteiger partial charge in [0.2, 0.25) is 0 Å². The molecule has 96 valence electrons. The lowest BCUT2D eigenvalue weighted by atomic mass is 10.1. The summed E-state index contributed by atoms with van der Waals surface area (Å²) in [4.78, 5) is 32.8. The van der Waals surface area contributed by atoms with Gasteiger partial charge in [-0.15, -0.1) is 0 Å². The van der Waals surface area contributed by atoms with Crippen LogP contribution in [0.4, 0.5) is 17.2 Å². The summed E-state index contributed by atoms with van der Waals surface area (Å²) in [6, 6.07) is 5.44. The van der Waals surface area contributed by atoms with Crippen molar-refractivity contribution in [2.75, 3.05) is 0 Å². The number of fused-ring (bicyclic) bond motifs is 1. The van der Waals surface area contributed by atoms with Gasteiger partial charge < -0.3 is 10.1 Å². The van der Waals surface area contributed by atoms with Gasteiger partial charge in [-0.1, -0.05) is 12.1 Å². The normalized spacial score (nSPS) is 10.3. The third-order valence-electron chi connectivity index (χ3n) is 2.36. The maximum atomic E-state index is 11.0. The molecular formula is C9H4N4O6. The summed E-state index contributed by atoms with van der Waals surface area (Å²) in [5.74, 6) is -1.14. The first-order valence-corrected chi connectivity index (χ1v) is 4.79. The van der Waals surface area contributed by atoms with Crippen LogP contribution in [0.25, 0.3) is 10.9 Å². The Balaban J connectivity index is 3.04. The Bertz CT molecular complexity index is 728. The number of nitro groups is 3. The minimum atomic E-state index is -1.21. The van der Waals surface area contributed by atoms with Crippen LogP contribution in [0.15, 0.2) is 24.3 Å². The van der Waals surface area contributed by atoms with Gasteiger partial charge >= 0.3 is 17.2 Å². The number of benzene rings is 1. The van der Waals surface area contributed by atoms with Gasteiger partial charge in [-0.05, 0) is 22.0 Å². The number of hydrogen-bond donors (Lipinski definition) is 0. The van der Waals surface area contributed by atoms with E-state index in [1.165, 1.54) is 24.3 Å². The molecule has 19 heavy (non-hydrogen) atoms. The zero-order valence-corrected chi connectivity index (χ0v) is 9.05. The van der Waals surface area contributed by atoms with Crippen LogP contribution in [0.1, 0.15) is 0 Å². The second-order valence-electron chi connectivity index (χ2n) is 3.42. The molecule has 0 saturated carbocycles. The maximum absolute atomic E-state index is 11.0. The van der Waals surface area contributed by atoms with Gasteiger partial charge in [-0.3, -0.25) is 20.2 Å². The summed E-state index contributed by atoms with van der Waals surface area (Å²) in [5.41, 5.74) is -2.19. The van der Waals surface area contributed by atoms with Gasteiger partial charge in [0, 0.05) is 0 Å². The Morgan fingerprint density at radius 2 is 1.42 bits per heavy atom. The first-order valence-electron chi connectivity index (χ1n) is 4.79. The minimum absolute atomic E-state index is 0.0495. The standard InChI is InChI=1S/C9H4N4O6/c14-11(15)7-5-3-1-2-4-6(5)10-9(13(18)19)8(7)12(16)17/h1-4H. The predicted octanol–water partition coefficient (Wildman–Crippen LogP) is 1.96. The number of hydrogen-bond acceptors (Lipinski definition) is 7. The van der Waals surface area contributed by atoms with Crippen LogP contribution in [-0.4, -0.2) is 19.8 Å². The van der Waals surface area contributed by atoms with Gasteiger partial charge in [0.15, 0.2) is 5.52 Å². The first-order chi connectivity index (χ1) is 8.93. The lowest BCUT2D eigenvalue weighted by molar-refractivity contribution is -0.442. The highest BCUT2D eigenvalue weighted by atomic mass is 16.6. The van der Waals surface area contributed by atoms with Crippen molar-refractivity contribution in [2.45, 2.75) is 0 Å². The van der Waals surface area contributed by atoms with Crippen LogP contribution in [0, 0.1) is 30.3 Å². The van der Waals surface area contributed by atoms with Crippen LogP contribution < -0.4 is 0 Å². The molecule has 10 heteroatoms. The van der Waals surface area contributed by atoms with Crippen molar-refractivity contribution < 1.29 is 14.8 Å². The van der Waals surface area contributed by atoms with Crippen LogP contribution in [0.3, 0.4) is 0 Å². The molecule has 0 aliphatic carbocycles. The van der Waals surface area contributed by atoms with E-state index >= 15 is 0 Å². The van der Waals surface area contributed by atoms with Crippen molar-refractivity contribution in [3.05, 3.63) is 54.6 Å².